The van der Waals surface area contributed by atoms with E-state index in [4.69, 9.17) is 8.92 Å². The molecule has 0 fully saturated rings. The van der Waals surface area contributed by atoms with Crippen molar-refractivity contribution in [2.75, 3.05) is 18.6 Å². The van der Waals surface area contributed by atoms with Crippen LogP contribution in [0.5, 0.6) is 11.5 Å². The standard InChI is InChI=1S/C26H28O10S3/c1-37(28,29)35-26-14-8-21(9-15-26)3-2-18-38(30,31)36-39(32,33)20-24-6-4-22(5-7-24)16-17-34-25-12-10-23(19-27)11-13-25/h4-15,19H,2-3,16-18,20H2,1H3. The van der Waals surface area contributed by atoms with E-state index in [1.165, 1.54) is 12.1 Å². The van der Waals surface area contributed by atoms with Crippen LogP contribution >= 0.6 is 0 Å². The summed E-state index contributed by atoms with van der Waals surface area (Å²) in [6.45, 7) is 0.373. The van der Waals surface area contributed by atoms with Crippen LogP contribution in [-0.2, 0) is 52.6 Å². The highest BCUT2D eigenvalue weighted by Crippen LogP contribution is 2.17. The summed E-state index contributed by atoms with van der Waals surface area (Å²) in [7, 11) is -12.4. The van der Waals surface area contributed by atoms with Crippen molar-refractivity contribution in [1.82, 2.24) is 0 Å². The van der Waals surface area contributed by atoms with Gasteiger partial charge in [-0.1, -0.05) is 36.4 Å². The number of benzene rings is 3. The van der Waals surface area contributed by atoms with Crippen LogP contribution < -0.4 is 8.92 Å². The van der Waals surface area contributed by atoms with Gasteiger partial charge in [-0.05, 0) is 65.9 Å². The van der Waals surface area contributed by atoms with Crippen LogP contribution in [0, 0.1) is 0 Å². The van der Waals surface area contributed by atoms with Crippen molar-refractivity contribution in [1.29, 1.82) is 0 Å². The molecule has 0 aromatic heterocycles. The van der Waals surface area contributed by atoms with Gasteiger partial charge in [-0.2, -0.15) is 25.3 Å². The SMILES string of the molecule is CS(=O)(=O)Oc1ccc(CCCS(=O)(=O)OS(=O)(=O)Cc2ccc(CCOc3ccc(C=O)cc3)cc2)cc1. The van der Waals surface area contributed by atoms with Gasteiger partial charge in [0.05, 0.1) is 18.6 Å². The molecule has 210 valence electrons. The maximum atomic E-state index is 12.4. The maximum Gasteiger partial charge on any atom is 0.306 e. The van der Waals surface area contributed by atoms with E-state index >= 15 is 0 Å². The number of ether oxygens (including phenoxy) is 1. The molecule has 13 heteroatoms. The summed E-state index contributed by atoms with van der Waals surface area (Å²) in [5.74, 6) is -0.357. The van der Waals surface area contributed by atoms with Crippen molar-refractivity contribution in [2.24, 2.45) is 0 Å². The highest BCUT2D eigenvalue weighted by atomic mass is 32.3. The Labute approximate surface area is 228 Å². The Bertz CT molecular complexity index is 1560. The molecule has 0 atom stereocenters. The topological polar surface area (TPSA) is 147 Å². The maximum absolute atomic E-state index is 12.4. The Kier molecular flexibility index (Phi) is 10.2. The van der Waals surface area contributed by atoms with Crippen molar-refractivity contribution in [3.63, 3.8) is 0 Å². The van der Waals surface area contributed by atoms with Crippen molar-refractivity contribution in [3.8, 4) is 11.5 Å². The largest absolute Gasteiger partial charge is 0.493 e. The van der Waals surface area contributed by atoms with Crippen LogP contribution in [0.15, 0.2) is 72.8 Å². The van der Waals surface area contributed by atoms with Gasteiger partial charge in [-0.3, -0.25) is 4.79 Å². The van der Waals surface area contributed by atoms with E-state index in [1.54, 1.807) is 60.7 Å². The zero-order valence-corrected chi connectivity index (χ0v) is 23.5. The first-order chi connectivity index (χ1) is 18.3. The van der Waals surface area contributed by atoms with Gasteiger partial charge in [0.15, 0.2) is 0 Å². The summed E-state index contributed by atoms with van der Waals surface area (Å²) < 4.78 is 86.4. The predicted octanol–water partition coefficient (Wildman–Crippen LogP) is 3.27. The Morgan fingerprint density at radius 2 is 1.21 bits per heavy atom. The fourth-order valence-electron chi connectivity index (χ4n) is 3.49. The van der Waals surface area contributed by atoms with Gasteiger partial charge in [-0.25, -0.2) is 0 Å². The van der Waals surface area contributed by atoms with Gasteiger partial charge in [0, 0.05) is 12.0 Å². The third-order valence-electron chi connectivity index (χ3n) is 5.28. The first-order valence-corrected chi connectivity index (χ1v) is 16.7. The quantitative estimate of drug-likeness (QED) is 0.189. The number of aryl methyl sites for hydroxylation is 1. The lowest BCUT2D eigenvalue weighted by Crippen LogP contribution is -2.18. The third-order valence-corrected chi connectivity index (χ3v) is 8.91. The van der Waals surface area contributed by atoms with E-state index in [1.807, 2.05) is 0 Å². The fraction of sp³-hybridized carbons (Fsp3) is 0.269. The Morgan fingerprint density at radius 1 is 0.667 bits per heavy atom. The molecule has 0 spiro atoms. The first-order valence-electron chi connectivity index (χ1n) is 11.7. The van der Waals surface area contributed by atoms with Crippen molar-refractivity contribution in [2.45, 2.75) is 25.0 Å². The lowest BCUT2D eigenvalue weighted by atomic mass is 10.1. The minimum atomic E-state index is -4.39. The zero-order valence-electron chi connectivity index (χ0n) is 21.1. The fourth-order valence-corrected chi connectivity index (χ4v) is 6.78. The molecule has 0 radical (unpaired) electrons. The molecule has 0 aliphatic heterocycles. The van der Waals surface area contributed by atoms with Gasteiger partial charge in [0.25, 0.3) is 20.2 Å². The van der Waals surface area contributed by atoms with Crippen LogP contribution in [0.3, 0.4) is 0 Å². The minimum absolute atomic E-state index is 0.0993. The molecule has 0 N–H and O–H groups in total. The monoisotopic (exact) mass is 596 g/mol. The molecular weight excluding hydrogens is 568 g/mol. The average Bonchev–Trinajstić information content (AvgIpc) is 2.85. The molecule has 0 saturated heterocycles. The molecule has 3 aromatic rings. The second-order valence-corrected chi connectivity index (χ2v) is 13.7. The van der Waals surface area contributed by atoms with Crippen LogP contribution in [0.2, 0.25) is 0 Å². The number of aldehydes is 1. The molecule has 0 heterocycles. The Balaban J connectivity index is 1.44. The number of carbonyl (C=O) groups excluding carboxylic acids is 1. The molecule has 0 aliphatic carbocycles. The summed E-state index contributed by atoms with van der Waals surface area (Å²) in [6.07, 6.45) is 2.63. The minimum Gasteiger partial charge on any atom is -0.493 e. The second kappa shape index (κ2) is 13.2. The van der Waals surface area contributed by atoms with Crippen LogP contribution in [-0.4, -0.2) is 50.2 Å². The van der Waals surface area contributed by atoms with Gasteiger partial charge in [0.2, 0.25) is 0 Å². The van der Waals surface area contributed by atoms with E-state index in [0.717, 1.165) is 23.7 Å². The smallest absolute Gasteiger partial charge is 0.306 e. The summed E-state index contributed by atoms with van der Waals surface area (Å²) >= 11 is 0. The van der Waals surface area contributed by atoms with Crippen LogP contribution in [0.4, 0.5) is 0 Å². The zero-order chi connectivity index (χ0) is 28.5. The number of carbonyl (C=O) groups is 1. The predicted molar refractivity (Wildman–Crippen MR) is 145 cm³/mol. The molecule has 0 aliphatic rings. The summed E-state index contributed by atoms with van der Waals surface area (Å²) in [5.41, 5.74) is 2.53. The van der Waals surface area contributed by atoms with Gasteiger partial charge < -0.3 is 8.92 Å². The second-order valence-electron chi connectivity index (χ2n) is 8.67. The first kappa shape index (κ1) is 30.3. The van der Waals surface area contributed by atoms with Gasteiger partial charge in [-0.15, -0.1) is 3.63 Å². The highest BCUT2D eigenvalue weighted by Gasteiger charge is 2.23. The molecular formula is C26H28O10S3. The molecule has 0 saturated carbocycles. The molecule has 0 unspecified atom stereocenters. The van der Waals surface area contributed by atoms with E-state index in [0.29, 0.717) is 36.3 Å². The van der Waals surface area contributed by atoms with E-state index < -0.39 is 41.9 Å². The summed E-state index contributed by atoms with van der Waals surface area (Å²) in [5, 5.41) is 0. The van der Waals surface area contributed by atoms with Crippen LogP contribution in [0.25, 0.3) is 0 Å². The summed E-state index contributed by atoms with van der Waals surface area (Å²) in [4.78, 5) is 10.7. The van der Waals surface area contributed by atoms with Crippen molar-refractivity contribution < 1.29 is 42.6 Å². The Hall–Kier alpha value is -3.26. The molecule has 0 bridgehead atoms. The highest BCUT2D eigenvalue weighted by molar-refractivity contribution is 7.99. The average molecular weight is 597 g/mol. The van der Waals surface area contributed by atoms with E-state index in [-0.39, 0.29) is 12.2 Å². The molecule has 10 nitrogen and oxygen atoms in total. The van der Waals surface area contributed by atoms with E-state index in [2.05, 4.69) is 3.63 Å². The molecule has 3 aromatic carbocycles. The molecule has 0 amide bonds. The van der Waals surface area contributed by atoms with Crippen LogP contribution in [0.1, 0.15) is 33.5 Å². The number of hydrogen-bond acceptors (Lipinski definition) is 10. The number of hydrogen-bond donors (Lipinski definition) is 0. The third kappa shape index (κ3) is 11.2. The van der Waals surface area contributed by atoms with Crippen molar-refractivity contribution in [3.05, 3.63) is 95.1 Å². The lowest BCUT2D eigenvalue weighted by molar-refractivity contribution is 0.112. The normalized spacial score (nSPS) is 12.1. The summed E-state index contributed by atoms with van der Waals surface area (Å²) in [6, 6.07) is 19.4. The van der Waals surface area contributed by atoms with E-state index in [9.17, 15) is 30.0 Å². The van der Waals surface area contributed by atoms with Crippen molar-refractivity contribution >= 4 is 36.6 Å². The lowest BCUT2D eigenvalue weighted by Gasteiger charge is -2.09. The molecule has 3 rings (SSSR count). The Morgan fingerprint density at radius 3 is 1.79 bits per heavy atom. The molecule has 39 heavy (non-hydrogen) atoms. The van der Waals surface area contributed by atoms with Gasteiger partial charge in [0.1, 0.15) is 23.5 Å². The van der Waals surface area contributed by atoms with Gasteiger partial charge >= 0.3 is 10.1 Å². The number of rotatable bonds is 15.